The molecular formula is C65H81FN12O7S. The van der Waals surface area contributed by atoms with Crippen molar-refractivity contribution in [1.29, 1.82) is 0 Å². The summed E-state index contributed by atoms with van der Waals surface area (Å²) in [7, 11) is 3.43. The summed E-state index contributed by atoms with van der Waals surface area (Å²) in [5.74, 6) is 0.948. The van der Waals surface area contributed by atoms with Crippen molar-refractivity contribution in [3.05, 3.63) is 101 Å². The zero-order valence-electron chi connectivity index (χ0n) is 50.6. The van der Waals surface area contributed by atoms with Crippen LogP contribution in [0, 0.1) is 18.7 Å². The molecular weight excluding hydrogens is 1110 g/mol. The lowest BCUT2D eigenvalue weighted by molar-refractivity contribution is -0.141. The summed E-state index contributed by atoms with van der Waals surface area (Å²) in [4.78, 5) is 67.2. The van der Waals surface area contributed by atoms with E-state index in [0.717, 1.165) is 135 Å². The van der Waals surface area contributed by atoms with Gasteiger partial charge in [0.25, 0.3) is 6.47 Å². The van der Waals surface area contributed by atoms with E-state index in [9.17, 15) is 14.7 Å². The van der Waals surface area contributed by atoms with Crippen LogP contribution < -0.4 is 25.2 Å². The van der Waals surface area contributed by atoms with Crippen LogP contribution in [0.3, 0.4) is 0 Å². The Labute approximate surface area is 506 Å². The molecule has 13 rings (SSSR count). The van der Waals surface area contributed by atoms with Gasteiger partial charge in [-0.3, -0.25) is 24.3 Å². The molecule has 0 aliphatic carbocycles. The molecule has 0 saturated carbocycles. The van der Waals surface area contributed by atoms with Crippen molar-refractivity contribution in [2.45, 2.75) is 128 Å². The van der Waals surface area contributed by atoms with E-state index in [0.29, 0.717) is 60.7 Å². The molecule has 5 unspecified atom stereocenters. The molecule has 0 spiro atoms. The van der Waals surface area contributed by atoms with E-state index in [-0.39, 0.29) is 52.3 Å². The van der Waals surface area contributed by atoms with Crippen LogP contribution in [0.2, 0.25) is 0 Å². The number of nitrogens with zero attached hydrogens (tertiary/aromatic N) is 10. The molecule has 6 saturated heterocycles. The topological polar surface area (TPSA) is 208 Å². The number of pyridine rings is 1. The highest BCUT2D eigenvalue weighted by Crippen LogP contribution is 2.42. The van der Waals surface area contributed by atoms with Gasteiger partial charge in [-0.15, -0.1) is 11.3 Å². The van der Waals surface area contributed by atoms with Gasteiger partial charge in [0.2, 0.25) is 11.8 Å². The van der Waals surface area contributed by atoms with Gasteiger partial charge in [0.15, 0.2) is 17.4 Å². The van der Waals surface area contributed by atoms with E-state index >= 15 is 4.39 Å². The van der Waals surface area contributed by atoms with E-state index in [1.165, 1.54) is 20.0 Å². The van der Waals surface area contributed by atoms with Crippen LogP contribution in [0.25, 0.3) is 43.4 Å². The fourth-order valence-electron chi connectivity index (χ4n) is 13.8. The number of likely N-dealkylation sites (tertiary alicyclic amines) is 1. The maximum atomic E-state index is 16.8. The number of hydrogen-bond donors (Lipinski definition) is 3. The number of aromatic hydroxyl groups is 1. The third-order valence-electron chi connectivity index (χ3n) is 18.4. The smallest absolute Gasteiger partial charge is 0.319 e. The standard InChI is InChI=1S/C33H37FN6O2.C30H40N6O3S.C2H4O2/c1-2-20-6-3-7-21-14-24(41)15-25(27(20)21)29-28(34)30-26(16-35-29)31(39-17-22-8-9-23(18-39)36-22)38-32(37-30)42-19-33-10-4-12-40(33)13-5-11-33;1-19(2)27(25-17-26(33-39-25)35-15-13-34(5)14-16-35)30(38)36-12-6-7-24(36)29(37)32-20(3)22-8-10-23(11-9-22)28-21(4)31-18-40-28;1-4-2-3/h3,6-7,14-16,22-23,36,41H,2,4-5,8-13,17-19H2,1H3;8-11,17-20,24,27H,6-7,12-16H2,1-5H3,(H,32,37);2H,1H3. The van der Waals surface area contributed by atoms with Crippen molar-refractivity contribution in [2.24, 2.45) is 5.92 Å². The molecule has 3 aromatic carbocycles. The van der Waals surface area contributed by atoms with Gasteiger partial charge < -0.3 is 49.3 Å². The number of methoxy groups -OCH3 is 1. The zero-order chi connectivity index (χ0) is 60.2. The first kappa shape index (κ1) is 60.4. The minimum absolute atomic E-state index is 0.00437. The Morgan fingerprint density at radius 2 is 1.66 bits per heavy atom. The number of anilines is 2. The van der Waals surface area contributed by atoms with E-state index in [1.54, 1.807) is 34.6 Å². The molecule has 19 nitrogen and oxygen atoms in total. The molecule has 6 aliphatic rings. The van der Waals surface area contributed by atoms with Crippen LogP contribution in [-0.4, -0.2) is 167 Å². The number of hydrogen-bond acceptors (Lipinski definition) is 18. The highest BCUT2D eigenvalue weighted by molar-refractivity contribution is 7.13. The molecule has 21 heteroatoms. The van der Waals surface area contributed by atoms with E-state index in [4.69, 9.17) is 24.0 Å². The first-order valence-electron chi connectivity index (χ1n) is 30.6. The van der Waals surface area contributed by atoms with Crippen LogP contribution >= 0.6 is 11.3 Å². The predicted molar refractivity (Wildman–Crippen MR) is 332 cm³/mol. The molecule has 2 amide bonds. The number of ether oxygens (including phenoxy) is 2. The molecule has 6 aliphatic heterocycles. The normalized spacial score (nSPS) is 20.8. The number of aryl methyl sites for hydroxylation is 2. The lowest BCUT2D eigenvalue weighted by atomic mass is 9.91. The van der Waals surface area contributed by atoms with Gasteiger partial charge >= 0.3 is 6.01 Å². The number of carbonyl (C=O) groups excluding carboxylic acids is 3. The first-order valence-corrected chi connectivity index (χ1v) is 31.5. The van der Waals surface area contributed by atoms with Gasteiger partial charge in [-0.25, -0.2) is 9.37 Å². The lowest BCUT2D eigenvalue weighted by Crippen LogP contribution is -2.51. The zero-order valence-corrected chi connectivity index (χ0v) is 51.4. The highest BCUT2D eigenvalue weighted by atomic mass is 32.1. The molecule has 3 N–H and O–H groups in total. The summed E-state index contributed by atoms with van der Waals surface area (Å²) in [5, 5.41) is 24.1. The minimum Gasteiger partial charge on any atom is -0.508 e. The second kappa shape index (κ2) is 26.3. The molecule has 86 heavy (non-hydrogen) atoms. The number of aromatic nitrogens is 5. The van der Waals surface area contributed by atoms with Gasteiger partial charge in [0.1, 0.15) is 41.3 Å². The fourth-order valence-corrected chi connectivity index (χ4v) is 14.7. The Kier molecular flexibility index (Phi) is 18.5. The summed E-state index contributed by atoms with van der Waals surface area (Å²) in [6.07, 6.45) is 10.8. The van der Waals surface area contributed by atoms with Crippen molar-refractivity contribution in [2.75, 3.05) is 89.5 Å². The van der Waals surface area contributed by atoms with Gasteiger partial charge in [-0.05, 0) is 137 Å². The number of carbonyl (C=O) groups is 3. The minimum atomic E-state index is -0.515. The van der Waals surface area contributed by atoms with Gasteiger partial charge in [-0.2, -0.15) is 9.97 Å². The third kappa shape index (κ3) is 12.6. The van der Waals surface area contributed by atoms with E-state index < -0.39 is 17.8 Å². The monoisotopic (exact) mass is 1190 g/mol. The average molecular weight is 1190 g/mol. The molecule has 4 aromatic heterocycles. The Bertz CT molecular complexity index is 3510. The Morgan fingerprint density at radius 3 is 2.34 bits per heavy atom. The number of phenols is 1. The predicted octanol–water partition coefficient (Wildman–Crippen LogP) is 9.46. The van der Waals surface area contributed by atoms with E-state index in [2.05, 4.69) is 76.2 Å². The molecule has 6 fully saturated rings. The van der Waals surface area contributed by atoms with Crippen LogP contribution in [0.1, 0.15) is 114 Å². The summed E-state index contributed by atoms with van der Waals surface area (Å²) in [6, 6.07) is 19.8. The number of piperazine rings is 2. The third-order valence-corrected chi connectivity index (χ3v) is 19.4. The average Bonchev–Trinajstić information content (AvgIpc) is 3.20. The van der Waals surface area contributed by atoms with Gasteiger partial charge in [0.05, 0.1) is 40.2 Å². The molecule has 10 heterocycles. The number of amides is 2. The molecule has 7 aromatic rings. The van der Waals surface area contributed by atoms with Crippen molar-refractivity contribution < 1.29 is 37.9 Å². The number of rotatable bonds is 15. The van der Waals surface area contributed by atoms with Crippen molar-refractivity contribution >= 4 is 62.9 Å². The Hall–Kier alpha value is -7.33. The van der Waals surface area contributed by atoms with Crippen LogP contribution in [0.15, 0.2) is 76.9 Å². The molecule has 5 atom stereocenters. The highest BCUT2D eigenvalue weighted by Gasteiger charge is 2.46. The number of nitrogens with one attached hydrogen (secondary N) is 2. The number of benzene rings is 3. The summed E-state index contributed by atoms with van der Waals surface area (Å²) < 4.78 is 32.8. The summed E-state index contributed by atoms with van der Waals surface area (Å²) >= 11 is 1.63. The van der Waals surface area contributed by atoms with Gasteiger partial charge in [-0.1, -0.05) is 68.4 Å². The number of phenolic OH excluding ortho intramolecular Hbond substituents is 1. The number of halogens is 1. The number of likely N-dealkylation sites (N-methyl/N-ethyl adjacent to an activating group) is 1. The second-order valence-electron chi connectivity index (χ2n) is 24.4. The second-order valence-corrected chi connectivity index (χ2v) is 25.2. The number of fused-ring (bicyclic) bond motifs is 5. The Morgan fingerprint density at radius 1 is 0.930 bits per heavy atom. The fraction of sp³-hybridized carbons (Fsp3) is 0.508. The SMILES string of the molecule is CCc1cccc2cc(O)cc(-c3ncc4c(N5CC6CCC(C5)N6)nc(OCC56CCCN5CCC6)nc4c3F)c12.COC=O.Cc1ncsc1-c1ccc(C(C)NC(=O)C2CCCN2C(=O)C(c2cc(N3CCN(C)CC3)no2)C(C)C)cc1. The maximum absolute atomic E-state index is 16.8. The van der Waals surface area contributed by atoms with E-state index in [1.807, 2.05) is 69.6 Å². The maximum Gasteiger partial charge on any atom is 0.319 e. The van der Waals surface area contributed by atoms with Crippen molar-refractivity contribution in [3.8, 4) is 33.5 Å². The first-order chi connectivity index (χ1) is 41.6. The molecule has 456 valence electrons. The summed E-state index contributed by atoms with van der Waals surface area (Å²) in [5.41, 5.74) is 7.08. The van der Waals surface area contributed by atoms with Crippen LogP contribution in [-0.2, 0) is 25.5 Å². The van der Waals surface area contributed by atoms with Crippen LogP contribution in [0.5, 0.6) is 11.8 Å². The van der Waals surface area contributed by atoms with Crippen LogP contribution in [0.4, 0.5) is 16.0 Å². The van der Waals surface area contributed by atoms with Crippen molar-refractivity contribution in [1.82, 2.24) is 50.4 Å². The lowest BCUT2D eigenvalue weighted by Gasteiger charge is -2.34. The Balaban J connectivity index is 0.000000169. The van der Waals surface area contributed by atoms with Gasteiger partial charge in [0, 0.05) is 75.7 Å². The quantitative estimate of drug-likeness (QED) is 0.0817. The molecule has 2 bridgehead atoms. The van der Waals surface area contributed by atoms with Crippen molar-refractivity contribution in [3.63, 3.8) is 0 Å². The largest absolute Gasteiger partial charge is 0.508 e. The molecule has 0 radical (unpaired) electrons. The number of thiazole rings is 1. The summed E-state index contributed by atoms with van der Waals surface area (Å²) in [6.45, 7) is 19.1.